The summed E-state index contributed by atoms with van der Waals surface area (Å²) in [5.41, 5.74) is 0.765. The summed E-state index contributed by atoms with van der Waals surface area (Å²) >= 11 is 0. The highest BCUT2D eigenvalue weighted by Crippen LogP contribution is 2.12. The average Bonchev–Trinajstić information content (AvgIpc) is 2.13. The van der Waals surface area contributed by atoms with Gasteiger partial charge in [0.1, 0.15) is 0 Å². The second kappa shape index (κ2) is 6.60. The van der Waals surface area contributed by atoms with Gasteiger partial charge in [-0.15, -0.1) is 0 Å². The first-order valence-electron chi connectivity index (χ1n) is 5.06. The standard InChI is InChI=1S/C11H20O3/c1-5-7-9(6-2)11(13)14-10(12)8(3)4/h6,8,11,13H,5,7H2,1-4H3. The van der Waals surface area contributed by atoms with E-state index in [-0.39, 0.29) is 11.9 Å². The number of allylic oxidation sites excluding steroid dienone is 1. The molecule has 0 amide bonds. The van der Waals surface area contributed by atoms with Gasteiger partial charge in [0.25, 0.3) is 0 Å². The van der Waals surface area contributed by atoms with Gasteiger partial charge in [0.05, 0.1) is 5.92 Å². The zero-order chi connectivity index (χ0) is 11.1. The number of rotatable bonds is 5. The van der Waals surface area contributed by atoms with Gasteiger partial charge in [0.15, 0.2) is 0 Å². The molecule has 0 aromatic carbocycles. The largest absolute Gasteiger partial charge is 0.432 e. The lowest BCUT2D eigenvalue weighted by Crippen LogP contribution is -2.23. The Labute approximate surface area is 85.8 Å². The molecule has 0 spiro atoms. The minimum atomic E-state index is -1.07. The number of hydrogen-bond acceptors (Lipinski definition) is 3. The molecule has 0 saturated carbocycles. The maximum Gasteiger partial charge on any atom is 0.310 e. The molecule has 82 valence electrons. The summed E-state index contributed by atoms with van der Waals surface area (Å²) in [5, 5.41) is 9.55. The number of carbonyl (C=O) groups excluding carboxylic acids is 1. The van der Waals surface area contributed by atoms with Crippen LogP contribution in [0.25, 0.3) is 0 Å². The van der Waals surface area contributed by atoms with Gasteiger partial charge in [-0.1, -0.05) is 33.3 Å². The van der Waals surface area contributed by atoms with Crippen molar-refractivity contribution in [2.75, 3.05) is 0 Å². The summed E-state index contributed by atoms with van der Waals surface area (Å²) in [6.45, 7) is 7.33. The van der Waals surface area contributed by atoms with E-state index in [9.17, 15) is 9.90 Å². The van der Waals surface area contributed by atoms with E-state index in [1.807, 2.05) is 13.8 Å². The van der Waals surface area contributed by atoms with Gasteiger partial charge < -0.3 is 9.84 Å². The highest BCUT2D eigenvalue weighted by atomic mass is 16.6. The summed E-state index contributed by atoms with van der Waals surface area (Å²) < 4.78 is 4.87. The number of ether oxygens (including phenoxy) is 1. The Morgan fingerprint density at radius 1 is 1.50 bits per heavy atom. The Balaban J connectivity index is 4.18. The molecule has 14 heavy (non-hydrogen) atoms. The monoisotopic (exact) mass is 200 g/mol. The van der Waals surface area contributed by atoms with E-state index in [1.54, 1.807) is 19.9 Å². The van der Waals surface area contributed by atoms with Crippen molar-refractivity contribution >= 4 is 5.97 Å². The van der Waals surface area contributed by atoms with E-state index >= 15 is 0 Å². The van der Waals surface area contributed by atoms with Crippen molar-refractivity contribution in [3.63, 3.8) is 0 Å². The Morgan fingerprint density at radius 2 is 2.07 bits per heavy atom. The van der Waals surface area contributed by atoms with Crippen molar-refractivity contribution in [1.82, 2.24) is 0 Å². The molecule has 0 bridgehead atoms. The van der Waals surface area contributed by atoms with Gasteiger partial charge in [-0.2, -0.15) is 0 Å². The third-order valence-corrected chi connectivity index (χ3v) is 1.93. The zero-order valence-corrected chi connectivity index (χ0v) is 9.41. The fraction of sp³-hybridized carbons (Fsp3) is 0.727. The second-order valence-electron chi connectivity index (χ2n) is 3.56. The van der Waals surface area contributed by atoms with Crippen molar-refractivity contribution in [3.8, 4) is 0 Å². The van der Waals surface area contributed by atoms with Crippen LogP contribution in [0.1, 0.15) is 40.5 Å². The lowest BCUT2D eigenvalue weighted by molar-refractivity contribution is -0.166. The third-order valence-electron chi connectivity index (χ3n) is 1.93. The minimum absolute atomic E-state index is 0.204. The number of aliphatic hydroxyl groups is 1. The quantitative estimate of drug-likeness (QED) is 0.420. The predicted molar refractivity (Wildman–Crippen MR) is 55.6 cm³/mol. The van der Waals surface area contributed by atoms with Gasteiger partial charge in [-0.05, 0) is 18.9 Å². The molecule has 3 heteroatoms. The van der Waals surface area contributed by atoms with Crippen molar-refractivity contribution < 1.29 is 14.6 Å². The van der Waals surface area contributed by atoms with Crippen molar-refractivity contribution in [2.45, 2.75) is 46.8 Å². The summed E-state index contributed by atoms with van der Waals surface area (Å²) in [6.07, 6.45) is 2.40. The number of carbonyl (C=O) groups is 1. The molecular weight excluding hydrogens is 180 g/mol. The van der Waals surface area contributed by atoms with Crippen LogP contribution in [0.5, 0.6) is 0 Å². The SMILES string of the molecule is CC=C(CCC)C(O)OC(=O)C(C)C. The zero-order valence-electron chi connectivity index (χ0n) is 9.41. The third kappa shape index (κ3) is 4.42. The van der Waals surface area contributed by atoms with E-state index in [1.165, 1.54) is 0 Å². The Bertz CT molecular complexity index is 207. The summed E-state index contributed by atoms with van der Waals surface area (Å²) in [4.78, 5) is 11.2. The molecular formula is C11H20O3. The highest BCUT2D eigenvalue weighted by molar-refractivity contribution is 5.71. The summed E-state index contributed by atoms with van der Waals surface area (Å²) in [6, 6.07) is 0. The van der Waals surface area contributed by atoms with Crippen LogP contribution in [0.15, 0.2) is 11.6 Å². The van der Waals surface area contributed by atoms with E-state index in [2.05, 4.69) is 0 Å². The molecule has 0 saturated heterocycles. The smallest absolute Gasteiger partial charge is 0.310 e. The van der Waals surface area contributed by atoms with E-state index < -0.39 is 6.29 Å². The van der Waals surface area contributed by atoms with Gasteiger partial charge in [0, 0.05) is 0 Å². The predicted octanol–water partition coefficient (Wildman–Crippen LogP) is 2.25. The van der Waals surface area contributed by atoms with Crippen LogP contribution >= 0.6 is 0 Å². The van der Waals surface area contributed by atoms with E-state index in [0.717, 1.165) is 18.4 Å². The first-order valence-corrected chi connectivity index (χ1v) is 5.06. The molecule has 0 aliphatic rings. The minimum Gasteiger partial charge on any atom is -0.432 e. The first kappa shape index (κ1) is 13.2. The van der Waals surface area contributed by atoms with Crippen molar-refractivity contribution in [3.05, 3.63) is 11.6 Å². The Kier molecular flexibility index (Phi) is 6.21. The van der Waals surface area contributed by atoms with Crippen LogP contribution in [0.4, 0.5) is 0 Å². The molecule has 0 aromatic rings. The van der Waals surface area contributed by atoms with Gasteiger partial charge in [-0.25, -0.2) is 0 Å². The number of aliphatic hydroxyl groups excluding tert-OH is 1. The van der Waals surface area contributed by atoms with Crippen LogP contribution in [0.3, 0.4) is 0 Å². The fourth-order valence-electron chi connectivity index (χ4n) is 1.02. The van der Waals surface area contributed by atoms with Crippen molar-refractivity contribution in [2.24, 2.45) is 5.92 Å². The van der Waals surface area contributed by atoms with Crippen LogP contribution in [0, 0.1) is 5.92 Å². The summed E-state index contributed by atoms with van der Waals surface area (Å²) in [7, 11) is 0. The molecule has 0 aromatic heterocycles. The second-order valence-corrected chi connectivity index (χ2v) is 3.56. The van der Waals surface area contributed by atoms with Crippen LogP contribution < -0.4 is 0 Å². The molecule has 0 radical (unpaired) electrons. The molecule has 0 rings (SSSR count). The van der Waals surface area contributed by atoms with Gasteiger partial charge in [0.2, 0.25) is 6.29 Å². The molecule has 0 fully saturated rings. The normalized spacial score (nSPS) is 14.3. The molecule has 0 heterocycles. The lowest BCUT2D eigenvalue weighted by Gasteiger charge is -2.16. The topological polar surface area (TPSA) is 46.5 Å². The van der Waals surface area contributed by atoms with Crippen LogP contribution in [-0.2, 0) is 9.53 Å². The number of esters is 1. The number of hydrogen-bond donors (Lipinski definition) is 1. The molecule has 0 aliphatic carbocycles. The Morgan fingerprint density at radius 3 is 2.43 bits per heavy atom. The molecule has 0 aliphatic heterocycles. The lowest BCUT2D eigenvalue weighted by atomic mass is 10.1. The highest BCUT2D eigenvalue weighted by Gasteiger charge is 2.16. The molecule has 1 atom stereocenters. The molecule has 3 nitrogen and oxygen atoms in total. The van der Waals surface area contributed by atoms with Crippen LogP contribution in [-0.4, -0.2) is 17.4 Å². The molecule has 1 unspecified atom stereocenters. The average molecular weight is 200 g/mol. The van der Waals surface area contributed by atoms with Crippen molar-refractivity contribution in [1.29, 1.82) is 0 Å². The maximum absolute atomic E-state index is 11.2. The fourth-order valence-corrected chi connectivity index (χ4v) is 1.02. The van der Waals surface area contributed by atoms with Gasteiger partial charge >= 0.3 is 5.97 Å². The Hall–Kier alpha value is -0.830. The molecule has 1 N–H and O–H groups in total. The van der Waals surface area contributed by atoms with E-state index in [0.29, 0.717) is 0 Å². The van der Waals surface area contributed by atoms with Crippen LogP contribution in [0.2, 0.25) is 0 Å². The first-order chi connectivity index (χ1) is 6.52. The van der Waals surface area contributed by atoms with Gasteiger partial charge in [-0.3, -0.25) is 4.79 Å². The maximum atomic E-state index is 11.2. The van der Waals surface area contributed by atoms with E-state index in [4.69, 9.17) is 4.74 Å². The summed E-state index contributed by atoms with van der Waals surface area (Å²) in [5.74, 6) is -0.572.